The zero-order valence-corrected chi connectivity index (χ0v) is 9.00. The summed E-state index contributed by atoms with van der Waals surface area (Å²) in [5.41, 5.74) is 1.28. The van der Waals surface area contributed by atoms with Crippen LogP contribution in [-0.4, -0.2) is 25.7 Å². The van der Waals surface area contributed by atoms with Gasteiger partial charge in [0.2, 0.25) is 5.16 Å². The minimum atomic E-state index is -0.122. The molecule has 0 atom stereocenters. The second-order valence-corrected chi connectivity index (χ2v) is 3.77. The van der Waals surface area contributed by atoms with Crippen LogP contribution in [0, 0.1) is 6.92 Å². The molecule has 74 valence electrons. The van der Waals surface area contributed by atoms with Crippen LogP contribution >= 0.6 is 11.8 Å². The summed E-state index contributed by atoms with van der Waals surface area (Å²) in [6.45, 7) is 1.86. The zero-order valence-electron chi connectivity index (χ0n) is 8.18. The largest absolute Gasteiger partial charge is 0.292 e. The van der Waals surface area contributed by atoms with Crippen molar-refractivity contribution in [3.05, 3.63) is 22.1 Å². The molecule has 6 heteroatoms. The number of hydrogen-bond donors (Lipinski definition) is 0. The predicted octanol–water partition coefficient (Wildman–Crippen LogP) is 0.458. The Morgan fingerprint density at radius 1 is 1.43 bits per heavy atom. The first-order valence-electron chi connectivity index (χ1n) is 4.11. The number of rotatable bonds is 1. The van der Waals surface area contributed by atoms with Gasteiger partial charge in [-0.15, -0.1) is 5.10 Å². The van der Waals surface area contributed by atoms with Crippen molar-refractivity contribution >= 4 is 17.3 Å². The summed E-state index contributed by atoms with van der Waals surface area (Å²) in [4.78, 5) is 11.6. The van der Waals surface area contributed by atoms with Crippen molar-refractivity contribution < 1.29 is 0 Å². The molecule has 0 saturated heterocycles. The molecule has 0 aromatic carbocycles. The first-order valence-corrected chi connectivity index (χ1v) is 5.33. The molecule has 0 spiro atoms. The van der Waals surface area contributed by atoms with Crippen molar-refractivity contribution in [2.75, 3.05) is 6.26 Å². The Hall–Kier alpha value is -1.30. The molecule has 0 aliphatic carbocycles. The van der Waals surface area contributed by atoms with Crippen LogP contribution in [-0.2, 0) is 7.05 Å². The lowest BCUT2D eigenvalue weighted by Gasteiger charge is -2.02. The lowest BCUT2D eigenvalue weighted by molar-refractivity contribution is 0.608. The quantitative estimate of drug-likeness (QED) is 0.642. The van der Waals surface area contributed by atoms with Gasteiger partial charge in [-0.2, -0.15) is 5.10 Å². The Labute approximate surface area is 84.7 Å². The molecule has 0 fully saturated rings. The molecule has 0 amide bonds. The molecule has 14 heavy (non-hydrogen) atoms. The normalized spacial score (nSPS) is 11.1. The highest BCUT2D eigenvalue weighted by atomic mass is 32.2. The summed E-state index contributed by atoms with van der Waals surface area (Å²) in [5.74, 6) is 0. The van der Waals surface area contributed by atoms with Gasteiger partial charge in [-0.25, -0.2) is 9.20 Å². The predicted molar refractivity (Wildman–Crippen MR) is 54.7 cm³/mol. The number of thioether (sulfide) groups is 1. The van der Waals surface area contributed by atoms with Crippen molar-refractivity contribution in [1.82, 2.24) is 19.4 Å². The van der Waals surface area contributed by atoms with Crippen molar-refractivity contribution in [2.24, 2.45) is 7.05 Å². The summed E-state index contributed by atoms with van der Waals surface area (Å²) in [7, 11) is 1.64. The van der Waals surface area contributed by atoms with Gasteiger partial charge in [0.15, 0.2) is 0 Å². The van der Waals surface area contributed by atoms with Gasteiger partial charge in [-0.3, -0.25) is 4.79 Å². The minimum Gasteiger partial charge on any atom is -0.265 e. The standard InChI is InChI=1S/C8H10N4OS/c1-5-4-6-7(13)11(2)10-8(14-3)12(6)9-5/h4H,1-3H3. The second kappa shape index (κ2) is 3.13. The summed E-state index contributed by atoms with van der Waals surface area (Å²) in [5, 5.41) is 9.02. The van der Waals surface area contributed by atoms with Crippen molar-refractivity contribution in [1.29, 1.82) is 0 Å². The molecule has 2 heterocycles. The lowest BCUT2D eigenvalue weighted by atomic mass is 10.4. The van der Waals surface area contributed by atoms with E-state index < -0.39 is 0 Å². The second-order valence-electron chi connectivity index (χ2n) is 3.00. The molecule has 0 aliphatic rings. The summed E-state index contributed by atoms with van der Waals surface area (Å²) in [6, 6.07) is 1.77. The van der Waals surface area contributed by atoms with E-state index in [1.54, 1.807) is 17.6 Å². The summed E-state index contributed by atoms with van der Waals surface area (Å²) in [6.07, 6.45) is 1.91. The van der Waals surface area contributed by atoms with Crippen LogP contribution in [0.2, 0.25) is 0 Å². The fourth-order valence-electron chi connectivity index (χ4n) is 1.31. The molecule has 0 radical (unpaired) electrons. The maximum atomic E-state index is 11.6. The number of fused-ring (bicyclic) bond motifs is 1. The average Bonchev–Trinajstić information content (AvgIpc) is 2.54. The molecule has 0 saturated carbocycles. The van der Waals surface area contributed by atoms with Crippen molar-refractivity contribution in [3.8, 4) is 0 Å². The Balaban J connectivity index is 2.96. The number of hydrogen-bond acceptors (Lipinski definition) is 4. The SMILES string of the molecule is CSc1nn(C)c(=O)c2cc(C)nn12. The third-order valence-electron chi connectivity index (χ3n) is 1.94. The zero-order chi connectivity index (χ0) is 10.3. The van der Waals surface area contributed by atoms with Gasteiger partial charge in [0, 0.05) is 7.05 Å². The Kier molecular flexibility index (Phi) is 2.07. The van der Waals surface area contributed by atoms with E-state index >= 15 is 0 Å². The molecule has 2 aromatic heterocycles. The van der Waals surface area contributed by atoms with E-state index in [0.29, 0.717) is 5.52 Å². The van der Waals surface area contributed by atoms with Crippen LogP contribution < -0.4 is 5.56 Å². The Morgan fingerprint density at radius 2 is 2.14 bits per heavy atom. The maximum Gasteiger partial charge on any atom is 0.292 e. The third kappa shape index (κ3) is 1.22. The van der Waals surface area contributed by atoms with Crippen molar-refractivity contribution in [3.63, 3.8) is 0 Å². The van der Waals surface area contributed by atoms with Gasteiger partial charge >= 0.3 is 0 Å². The number of nitrogens with zero attached hydrogens (tertiary/aromatic N) is 4. The van der Waals surface area contributed by atoms with E-state index in [9.17, 15) is 4.79 Å². The van der Waals surface area contributed by atoms with Crippen LogP contribution in [0.3, 0.4) is 0 Å². The maximum absolute atomic E-state index is 11.6. The van der Waals surface area contributed by atoms with Crippen LogP contribution in [0.1, 0.15) is 5.69 Å². The van der Waals surface area contributed by atoms with Gasteiger partial charge in [-0.1, -0.05) is 11.8 Å². The Bertz CT molecular complexity index is 542. The monoisotopic (exact) mass is 210 g/mol. The molecule has 0 aliphatic heterocycles. The highest BCUT2D eigenvalue weighted by molar-refractivity contribution is 7.98. The van der Waals surface area contributed by atoms with Crippen LogP contribution in [0.4, 0.5) is 0 Å². The van der Waals surface area contributed by atoms with Crippen LogP contribution in [0.15, 0.2) is 16.0 Å². The highest BCUT2D eigenvalue weighted by Crippen LogP contribution is 2.11. The Morgan fingerprint density at radius 3 is 2.79 bits per heavy atom. The van der Waals surface area contributed by atoms with Crippen LogP contribution in [0.5, 0.6) is 0 Å². The highest BCUT2D eigenvalue weighted by Gasteiger charge is 2.09. The molecule has 0 bridgehead atoms. The minimum absolute atomic E-state index is 0.122. The van der Waals surface area contributed by atoms with Gasteiger partial charge in [0.05, 0.1) is 5.69 Å². The van der Waals surface area contributed by atoms with Crippen molar-refractivity contribution in [2.45, 2.75) is 12.1 Å². The topological polar surface area (TPSA) is 52.2 Å². The van der Waals surface area contributed by atoms with Gasteiger partial charge < -0.3 is 0 Å². The summed E-state index contributed by atoms with van der Waals surface area (Å²) >= 11 is 1.46. The smallest absolute Gasteiger partial charge is 0.265 e. The number of aryl methyl sites for hydroxylation is 2. The molecular formula is C8H10N4OS. The van der Waals surface area contributed by atoms with Gasteiger partial charge in [-0.05, 0) is 19.2 Å². The van der Waals surface area contributed by atoms with Crippen LogP contribution in [0.25, 0.3) is 5.52 Å². The van der Waals surface area contributed by atoms with E-state index in [0.717, 1.165) is 10.9 Å². The number of aromatic nitrogens is 4. The fourth-order valence-corrected chi connectivity index (χ4v) is 1.82. The molecular weight excluding hydrogens is 200 g/mol. The average molecular weight is 210 g/mol. The van der Waals surface area contributed by atoms with E-state index in [1.807, 2.05) is 13.2 Å². The molecule has 0 N–H and O–H groups in total. The summed E-state index contributed by atoms with van der Waals surface area (Å²) < 4.78 is 2.92. The van der Waals surface area contributed by atoms with E-state index in [4.69, 9.17) is 0 Å². The molecule has 2 aromatic rings. The first kappa shape index (κ1) is 9.26. The molecule has 2 rings (SSSR count). The van der Waals surface area contributed by atoms with Gasteiger partial charge in [0.1, 0.15) is 5.52 Å². The lowest BCUT2D eigenvalue weighted by Crippen LogP contribution is -2.23. The van der Waals surface area contributed by atoms with E-state index in [1.165, 1.54) is 16.4 Å². The third-order valence-corrected chi connectivity index (χ3v) is 2.56. The fraction of sp³-hybridized carbons (Fsp3) is 0.375. The van der Waals surface area contributed by atoms with Gasteiger partial charge in [0.25, 0.3) is 5.56 Å². The molecule has 5 nitrogen and oxygen atoms in total. The first-order chi connectivity index (χ1) is 6.63. The molecule has 0 unspecified atom stereocenters. The van der Waals surface area contributed by atoms with E-state index in [2.05, 4.69) is 10.2 Å². The van der Waals surface area contributed by atoms with E-state index in [-0.39, 0.29) is 5.56 Å².